The largest absolute Gasteiger partial charge is 0.478 e. The maximum Gasteiger partial charge on any atom is 0.412 e. The van der Waals surface area contributed by atoms with Crippen molar-refractivity contribution in [1.29, 1.82) is 0 Å². The summed E-state index contributed by atoms with van der Waals surface area (Å²) in [6.45, 7) is 5.52. The number of ether oxygens (including phenoxy) is 1. The zero-order valence-corrected chi connectivity index (χ0v) is 17.8. The number of amides is 1. The minimum Gasteiger partial charge on any atom is -0.478 e. The molecule has 0 aliphatic heterocycles. The summed E-state index contributed by atoms with van der Waals surface area (Å²) in [7, 11) is 0. The number of rotatable bonds is 2. The van der Waals surface area contributed by atoms with Crippen molar-refractivity contribution in [3.8, 4) is 0 Å². The lowest BCUT2D eigenvalue weighted by Crippen LogP contribution is -2.27. The number of benzene rings is 4. The Kier molecular flexibility index (Phi) is 6.55. The van der Waals surface area contributed by atoms with Gasteiger partial charge in [-0.3, -0.25) is 5.32 Å². The fourth-order valence-corrected chi connectivity index (χ4v) is 3.01. The first-order chi connectivity index (χ1) is 14.7. The molecule has 0 aliphatic rings. The number of anilines is 1. The summed E-state index contributed by atoms with van der Waals surface area (Å²) < 4.78 is 5.20. The molecule has 4 rings (SSSR count). The second kappa shape index (κ2) is 9.30. The van der Waals surface area contributed by atoms with Gasteiger partial charge in [0, 0.05) is 5.69 Å². The summed E-state index contributed by atoms with van der Waals surface area (Å²) in [6.07, 6.45) is -0.433. The minimum absolute atomic E-state index is 0.332. The topological polar surface area (TPSA) is 75.6 Å². The number of carboxylic acids is 1. The van der Waals surface area contributed by atoms with E-state index < -0.39 is 17.7 Å². The Morgan fingerprint density at radius 2 is 1.26 bits per heavy atom. The molecule has 0 spiro atoms. The second-order valence-corrected chi connectivity index (χ2v) is 8.06. The molecule has 0 saturated carbocycles. The molecular weight excluding hydrogens is 390 g/mol. The van der Waals surface area contributed by atoms with Crippen LogP contribution < -0.4 is 5.32 Å². The summed E-state index contributed by atoms with van der Waals surface area (Å²) in [6, 6.07) is 26.6. The van der Waals surface area contributed by atoms with Crippen molar-refractivity contribution in [3.05, 3.63) is 90.5 Å². The quantitative estimate of drug-likeness (QED) is 0.381. The molecule has 158 valence electrons. The predicted octanol–water partition coefficient (Wildman–Crippen LogP) is 6.72. The number of aromatic carboxylic acids is 1. The van der Waals surface area contributed by atoms with Crippen LogP contribution in [0.1, 0.15) is 31.1 Å². The zero-order valence-electron chi connectivity index (χ0n) is 17.8. The highest BCUT2D eigenvalue weighted by molar-refractivity contribution is 5.94. The summed E-state index contributed by atoms with van der Waals surface area (Å²) >= 11 is 0. The first-order valence-corrected chi connectivity index (χ1v) is 9.92. The summed E-state index contributed by atoms with van der Waals surface area (Å²) in [5.74, 6) is -0.884. The van der Waals surface area contributed by atoms with Crippen molar-refractivity contribution in [2.45, 2.75) is 26.4 Å². The van der Waals surface area contributed by atoms with E-state index in [-0.39, 0.29) is 0 Å². The molecule has 5 heteroatoms. The number of fused-ring (bicyclic) bond motifs is 2. The van der Waals surface area contributed by atoms with Crippen molar-refractivity contribution in [3.63, 3.8) is 0 Å². The van der Waals surface area contributed by atoms with Crippen molar-refractivity contribution < 1.29 is 19.4 Å². The van der Waals surface area contributed by atoms with Gasteiger partial charge in [0.15, 0.2) is 0 Å². The van der Waals surface area contributed by atoms with E-state index in [1.54, 1.807) is 12.1 Å². The number of carbonyl (C=O) groups excluding carboxylic acids is 1. The monoisotopic (exact) mass is 415 g/mol. The van der Waals surface area contributed by atoms with Crippen LogP contribution in [0.5, 0.6) is 0 Å². The van der Waals surface area contributed by atoms with Gasteiger partial charge < -0.3 is 9.84 Å². The molecule has 0 atom stereocenters. The van der Waals surface area contributed by atoms with Crippen LogP contribution in [0.2, 0.25) is 0 Å². The van der Waals surface area contributed by atoms with E-state index in [1.807, 2.05) is 93.6 Å². The van der Waals surface area contributed by atoms with Gasteiger partial charge in [0.1, 0.15) is 5.60 Å². The standard InChI is InChI=1S/C15H17NO2.C11H8O2/c1-15(2,3)18-14(17)16-13-9-8-11-6-4-5-7-12(11)10-13;12-11(13)10-6-5-8-3-1-2-4-9(8)7-10/h4-10H,1-3H3,(H,16,17);1-7H,(H,12,13). The van der Waals surface area contributed by atoms with E-state index in [9.17, 15) is 9.59 Å². The zero-order chi connectivity index (χ0) is 22.4. The molecule has 5 nitrogen and oxygen atoms in total. The average molecular weight is 415 g/mol. The van der Waals surface area contributed by atoms with Gasteiger partial charge in [-0.25, -0.2) is 9.59 Å². The Morgan fingerprint density at radius 1 is 0.742 bits per heavy atom. The van der Waals surface area contributed by atoms with E-state index in [2.05, 4.69) is 5.32 Å². The van der Waals surface area contributed by atoms with E-state index in [0.29, 0.717) is 5.56 Å². The first-order valence-electron chi connectivity index (χ1n) is 9.92. The molecule has 0 aromatic heterocycles. The Bertz CT molecular complexity index is 1220. The van der Waals surface area contributed by atoms with Crippen LogP contribution >= 0.6 is 0 Å². The third-order valence-corrected chi connectivity index (χ3v) is 4.39. The van der Waals surface area contributed by atoms with Crippen LogP contribution in [0, 0.1) is 0 Å². The van der Waals surface area contributed by atoms with Gasteiger partial charge in [-0.1, -0.05) is 60.7 Å². The normalized spacial score (nSPS) is 10.8. The van der Waals surface area contributed by atoms with Crippen LogP contribution in [0.3, 0.4) is 0 Å². The van der Waals surface area contributed by atoms with Crippen molar-refractivity contribution in [2.24, 2.45) is 0 Å². The van der Waals surface area contributed by atoms with Crippen LogP contribution in [0.4, 0.5) is 10.5 Å². The fraction of sp³-hybridized carbons (Fsp3) is 0.154. The van der Waals surface area contributed by atoms with Crippen molar-refractivity contribution in [2.75, 3.05) is 5.32 Å². The van der Waals surface area contributed by atoms with Crippen LogP contribution in [-0.4, -0.2) is 22.8 Å². The Morgan fingerprint density at radius 3 is 1.81 bits per heavy atom. The highest BCUT2D eigenvalue weighted by Gasteiger charge is 2.16. The molecule has 0 radical (unpaired) electrons. The van der Waals surface area contributed by atoms with Gasteiger partial charge in [-0.05, 0) is 66.6 Å². The maximum atomic E-state index is 11.6. The molecule has 0 fully saturated rings. The molecule has 0 aliphatic carbocycles. The summed E-state index contributed by atoms with van der Waals surface area (Å²) in [5, 5.41) is 15.7. The van der Waals surface area contributed by atoms with Gasteiger partial charge in [0.05, 0.1) is 5.56 Å². The van der Waals surface area contributed by atoms with Gasteiger partial charge in [-0.2, -0.15) is 0 Å². The predicted molar refractivity (Wildman–Crippen MR) is 125 cm³/mol. The lowest BCUT2D eigenvalue weighted by atomic mass is 10.1. The smallest absolute Gasteiger partial charge is 0.412 e. The molecule has 0 heterocycles. The van der Waals surface area contributed by atoms with Gasteiger partial charge in [-0.15, -0.1) is 0 Å². The SMILES string of the molecule is CC(C)(C)OC(=O)Nc1ccc2ccccc2c1.O=C(O)c1ccc2ccccc2c1. The Labute approximate surface area is 181 Å². The third-order valence-electron chi connectivity index (χ3n) is 4.39. The lowest BCUT2D eigenvalue weighted by Gasteiger charge is -2.19. The molecule has 0 bridgehead atoms. The highest BCUT2D eigenvalue weighted by atomic mass is 16.6. The highest BCUT2D eigenvalue weighted by Crippen LogP contribution is 2.19. The van der Waals surface area contributed by atoms with Gasteiger partial charge >= 0.3 is 12.1 Å². The summed E-state index contributed by atoms with van der Waals surface area (Å²) in [4.78, 5) is 22.3. The molecular formula is C26H25NO4. The van der Waals surface area contributed by atoms with E-state index in [1.165, 1.54) is 0 Å². The number of carboxylic acid groups (broad SMARTS) is 1. The van der Waals surface area contributed by atoms with Crippen molar-refractivity contribution >= 4 is 39.3 Å². The van der Waals surface area contributed by atoms with E-state index in [4.69, 9.17) is 9.84 Å². The van der Waals surface area contributed by atoms with Crippen LogP contribution in [-0.2, 0) is 4.74 Å². The number of hydrogen-bond donors (Lipinski definition) is 2. The second-order valence-electron chi connectivity index (χ2n) is 8.06. The number of nitrogens with one attached hydrogen (secondary N) is 1. The van der Waals surface area contributed by atoms with Gasteiger partial charge in [0.2, 0.25) is 0 Å². The minimum atomic E-state index is -0.884. The molecule has 0 saturated heterocycles. The molecule has 4 aromatic carbocycles. The molecule has 0 unspecified atom stereocenters. The fourth-order valence-electron chi connectivity index (χ4n) is 3.01. The van der Waals surface area contributed by atoms with Crippen LogP contribution in [0.15, 0.2) is 84.9 Å². The van der Waals surface area contributed by atoms with E-state index >= 15 is 0 Å². The molecule has 2 N–H and O–H groups in total. The Balaban J connectivity index is 0.000000185. The summed E-state index contributed by atoms with van der Waals surface area (Å²) in [5.41, 5.74) is 0.586. The Hall–Kier alpha value is -3.86. The molecule has 1 amide bonds. The molecule has 31 heavy (non-hydrogen) atoms. The average Bonchev–Trinajstić information content (AvgIpc) is 2.72. The van der Waals surface area contributed by atoms with Gasteiger partial charge in [0.25, 0.3) is 0 Å². The molecule has 4 aromatic rings. The lowest BCUT2D eigenvalue weighted by molar-refractivity contribution is 0.0634. The van der Waals surface area contributed by atoms with Crippen LogP contribution in [0.25, 0.3) is 21.5 Å². The first kappa shape index (κ1) is 21.8. The van der Waals surface area contributed by atoms with E-state index in [0.717, 1.165) is 27.2 Å². The third kappa shape index (κ3) is 6.31. The maximum absolute atomic E-state index is 11.6. The number of carbonyl (C=O) groups is 2. The van der Waals surface area contributed by atoms with Crippen molar-refractivity contribution in [1.82, 2.24) is 0 Å². The number of hydrogen-bond acceptors (Lipinski definition) is 3.